The number of rotatable bonds is 5. The van der Waals surface area contributed by atoms with Gasteiger partial charge in [-0.25, -0.2) is 4.79 Å². The van der Waals surface area contributed by atoms with E-state index in [4.69, 9.17) is 27.9 Å². The minimum absolute atomic E-state index is 0.184. The van der Waals surface area contributed by atoms with Crippen molar-refractivity contribution in [2.45, 2.75) is 6.54 Å². The minimum Gasteiger partial charge on any atom is -0.492 e. The fourth-order valence-electron chi connectivity index (χ4n) is 2.45. The minimum atomic E-state index is -1.00. The molecule has 0 aliphatic carbocycles. The number of carboxylic acids is 1. The Kier molecular flexibility index (Phi) is 4.46. The fraction of sp³-hybridized carbons (Fsp3) is 0.118. The van der Waals surface area contributed by atoms with Crippen molar-refractivity contribution in [1.82, 2.24) is 4.57 Å². The maximum absolute atomic E-state index is 11.4. The monoisotopic (exact) mass is 349 g/mol. The molecule has 0 amide bonds. The molecule has 118 valence electrons. The van der Waals surface area contributed by atoms with E-state index in [-0.39, 0.29) is 5.56 Å². The lowest BCUT2D eigenvalue weighted by atomic mass is 10.1. The standard InChI is InChI=1S/C17H13Cl2NO3/c18-12-1-3-14(4-2-12)23-8-7-20-6-5-11-9-13(19)10-15(16(11)20)17(21)22/h1-6,9-10H,7-8H2,(H,21,22). The van der Waals surface area contributed by atoms with E-state index in [0.29, 0.717) is 34.5 Å². The number of hydrogen-bond donors (Lipinski definition) is 1. The van der Waals surface area contributed by atoms with Crippen molar-refractivity contribution in [3.05, 3.63) is 64.3 Å². The number of ether oxygens (including phenoxy) is 1. The molecule has 0 saturated heterocycles. The Morgan fingerprint density at radius 2 is 1.83 bits per heavy atom. The van der Waals surface area contributed by atoms with Gasteiger partial charge in [0.25, 0.3) is 0 Å². The molecule has 0 atom stereocenters. The highest BCUT2D eigenvalue weighted by Gasteiger charge is 2.14. The molecule has 0 fully saturated rings. The van der Waals surface area contributed by atoms with Crippen LogP contribution in [0.2, 0.25) is 10.0 Å². The topological polar surface area (TPSA) is 51.5 Å². The molecule has 0 aliphatic heterocycles. The number of benzene rings is 2. The first kappa shape index (κ1) is 15.7. The summed E-state index contributed by atoms with van der Waals surface area (Å²) in [6.07, 6.45) is 1.83. The van der Waals surface area contributed by atoms with Gasteiger partial charge in [0.2, 0.25) is 0 Å². The Labute approximate surface area is 142 Å². The molecule has 0 unspecified atom stereocenters. The molecule has 0 radical (unpaired) electrons. The lowest BCUT2D eigenvalue weighted by Gasteiger charge is -2.10. The van der Waals surface area contributed by atoms with Crippen LogP contribution in [0.3, 0.4) is 0 Å². The van der Waals surface area contributed by atoms with E-state index in [2.05, 4.69) is 0 Å². The first-order chi connectivity index (χ1) is 11.0. The van der Waals surface area contributed by atoms with Crippen LogP contribution in [0.4, 0.5) is 0 Å². The molecule has 2 aromatic carbocycles. The van der Waals surface area contributed by atoms with Crippen LogP contribution in [0.1, 0.15) is 10.4 Å². The van der Waals surface area contributed by atoms with Gasteiger partial charge < -0.3 is 14.4 Å². The molecule has 3 rings (SSSR count). The SMILES string of the molecule is O=C(O)c1cc(Cl)cc2ccn(CCOc3ccc(Cl)cc3)c12. The van der Waals surface area contributed by atoms with Crippen LogP contribution in [0.15, 0.2) is 48.7 Å². The number of aromatic carboxylic acids is 1. The summed E-state index contributed by atoms with van der Waals surface area (Å²) in [5, 5.41) is 11.2. The predicted octanol–water partition coefficient (Wildman–Crippen LogP) is 4.73. The van der Waals surface area contributed by atoms with Crippen molar-refractivity contribution in [2.75, 3.05) is 6.61 Å². The molecule has 0 aliphatic rings. The molecule has 4 nitrogen and oxygen atoms in total. The highest BCUT2D eigenvalue weighted by Crippen LogP contribution is 2.25. The Morgan fingerprint density at radius 1 is 1.09 bits per heavy atom. The maximum atomic E-state index is 11.4. The average molecular weight is 350 g/mol. The second-order valence-corrected chi connectivity index (χ2v) is 5.88. The van der Waals surface area contributed by atoms with Crippen LogP contribution in [0.25, 0.3) is 10.9 Å². The van der Waals surface area contributed by atoms with Crippen LogP contribution in [-0.2, 0) is 6.54 Å². The normalized spacial score (nSPS) is 10.9. The van der Waals surface area contributed by atoms with Gasteiger partial charge in [-0.15, -0.1) is 0 Å². The Hall–Kier alpha value is -2.17. The molecule has 3 aromatic rings. The summed E-state index contributed by atoms with van der Waals surface area (Å²) in [5.41, 5.74) is 0.825. The van der Waals surface area contributed by atoms with Crippen molar-refractivity contribution < 1.29 is 14.6 Å². The third-order valence-corrected chi connectivity index (χ3v) is 3.94. The van der Waals surface area contributed by atoms with E-state index in [1.807, 2.05) is 16.8 Å². The van der Waals surface area contributed by atoms with Crippen molar-refractivity contribution in [3.8, 4) is 5.75 Å². The van der Waals surface area contributed by atoms with Crippen LogP contribution in [0, 0.1) is 0 Å². The van der Waals surface area contributed by atoms with Crippen molar-refractivity contribution in [2.24, 2.45) is 0 Å². The summed E-state index contributed by atoms with van der Waals surface area (Å²) < 4.78 is 7.51. The van der Waals surface area contributed by atoms with E-state index in [0.717, 1.165) is 5.39 Å². The molecular formula is C17H13Cl2NO3. The van der Waals surface area contributed by atoms with E-state index in [1.54, 1.807) is 30.3 Å². The summed E-state index contributed by atoms with van der Waals surface area (Å²) in [6, 6.07) is 12.1. The number of halogens is 2. The van der Waals surface area contributed by atoms with Gasteiger partial charge in [-0.05, 0) is 42.5 Å². The highest BCUT2D eigenvalue weighted by molar-refractivity contribution is 6.32. The van der Waals surface area contributed by atoms with Gasteiger partial charge in [0.1, 0.15) is 12.4 Å². The third-order valence-electron chi connectivity index (χ3n) is 3.47. The molecule has 1 heterocycles. The smallest absolute Gasteiger partial charge is 0.337 e. The van der Waals surface area contributed by atoms with E-state index < -0.39 is 5.97 Å². The number of hydrogen-bond acceptors (Lipinski definition) is 2. The van der Waals surface area contributed by atoms with Crippen LogP contribution < -0.4 is 4.74 Å². The summed E-state index contributed by atoms with van der Waals surface area (Å²) in [4.78, 5) is 11.4. The van der Waals surface area contributed by atoms with Gasteiger partial charge >= 0.3 is 5.97 Å². The average Bonchev–Trinajstić information content (AvgIpc) is 2.91. The van der Waals surface area contributed by atoms with Gasteiger partial charge in [0.15, 0.2) is 0 Å². The highest BCUT2D eigenvalue weighted by atomic mass is 35.5. The number of nitrogens with zero attached hydrogens (tertiary/aromatic N) is 1. The molecule has 0 bridgehead atoms. The second-order valence-electron chi connectivity index (χ2n) is 5.01. The Bertz CT molecular complexity index is 856. The van der Waals surface area contributed by atoms with Gasteiger partial charge in [-0.2, -0.15) is 0 Å². The van der Waals surface area contributed by atoms with Gasteiger partial charge in [-0.1, -0.05) is 23.2 Å². The third kappa shape index (κ3) is 3.44. The quantitative estimate of drug-likeness (QED) is 0.724. The summed E-state index contributed by atoms with van der Waals surface area (Å²) in [7, 11) is 0. The first-order valence-corrected chi connectivity index (χ1v) is 7.70. The zero-order valence-electron chi connectivity index (χ0n) is 12.0. The molecule has 0 saturated carbocycles. The number of aromatic nitrogens is 1. The van der Waals surface area contributed by atoms with E-state index in [9.17, 15) is 9.90 Å². The second kappa shape index (κ2) is 6.52. The van der Waals surface area contributed by atoms with Crippen LogP contribution in [-0.4, -0.2) is 22.2 Å². The van der Waals surface area contributed by atoms with Crippen molar-refractivity contribution in [1.29, 1.82) is 0 Å². The van der Waals surface area contributed by atoms with Crippen LogP contribution in [0.5, 0.6) is 5.75 Å². The van der Waals surface area contributed by atoms with Crippen molar-refractivity contribution >= 4 is 40.1 Å². The lowest BCUT2D eigenvalue weighted by molar-refractivity contribution is 0.0698. The molecule has 23 heavy (non-hydrogen) atoms. The molecule has 1 aromatic heterocycles. The van der Waals surface area contributed by atoms with Gasteiger partial charge in [0, 0.05) is 21.6 Å². The number of fused-ring (bicyclic) bond motifs is 1. The largest absolute Gasteiger partial charge is 0.492 e. The molecule has 6 heteroatoms. The molecular weight excluding hydrogens is 337 g/mol. The maximum Gasteiger partial charge on any atom is 0.337 e. The van der Waals surface area contributed by atoms with Crippen molar-refractivity contribution in [3.63, 3.8) is 0 Å². The van der Waals surface area contributed by atoms with Gasteiger partial charge in [0.05, 0.1) is 17.6 Å². The Balaban J connectivity index is 1.80. The molecule has 1 N–H and O–H groups in total. The summed E-state index contributed by atoms with van der Waals surface area (Å²) >= 11 is 11.8. The zero-order valence-corrected chi connectivity index (χ0v) is 13.5. The number of carboxylic acid groups (broad SMARTS) is 1. The van der Waals surface area contributed by atoms with Crippen LogP contribution >= 0.6 is 23.2 Å². The zero-order chi connectivity index (χ0) is 16.4. The Morgan fingerprint density at radius 3 is 2.52 bits per heavy atom. The molecule has 0 spiro atoms. The summed E-state index contributed by atoms with van der Waals surface area (Å²) in [5.74, 6) is -0.288. The predicted molar refractivity (Wildman–Crippen MR) is 90.9 cm³/mol. The van der Waals surface area contributed by atoms with E-state index in [1.165, 1.54) is 6.07 Å². The summed E-state index contributed by atoms with van der Waals surface area (Å²) in [6.45, 7) is 0.932. The van der Waals surface area contributed by atoms with Gasteiger partial charge in [-0.3, -0.25) is 0 Å². The fourth-order valence-corrected chi connectivity index (χ4v) is 2.81. The van der Waals surface area contributed by atoms with E-state index >= 15 is 0 Å². The lowest BCUT2D eigenvalue weighted by Crippen LogP contribution is -2.09. The first-order valence-electron chi connectivity index (χ1n) is 6.94. The number of carbonyl (C=O) groups is 1.